The number of carboxylic acids is 1. The number of hydrogen-bond acceptors (Lipinski definition) is 5. The van der Waals surface area contributed by atoms with Gasteiger partial charge in [0, 0.05) is 6.07 Å². The number of amides is 1. The van der Waals surface area contributed by atoms with Crippen LogP contribution < -0.4 is 5.32 Å². The number of nitriles is 1. The van der Waals surface area contributed by atoms with Crippen molar-refractivity contribution < 1.29 is 24.5 Å². The maximum Gasteiger partial charge on any atom is 0.412 e. The first-order valence-corrected chi connectivity index (χ1v) is 5.64. The first kappa shape index (κ1) is 15.3. The molecule has 106 valence electrons. The van der Waals surface area contributed by atoms with Crippen LogP contribution in [0.2, 0.25) is 0 Å². The molecule has 3 N–H and O–H groups in total. The van der Waals surface area contributed by atoms with Crippen molar-refractivity contribution in [3.05, 3.63) is 23.3 Å². The van der Waals surface area contributed by atoms with Gasteiger partial charge in [0.15, 0.2) is 0 Å². The monoisotopic (exact) mass is 278 g/mol. The van der Waals surface area contributed by atoms with Gasteiger partial charge in [0.05, 0.1) is 11.3 Å². The SMILES string of the molecule is CC(C)(C)OC(=O)Nc1cc(O)c(C(=O)O)cc1C#N. The van der Waals surface area contributed by atoms with E-state index in [2.05, 4.69) is 5.32 Å². The molecule has 0 aliphatic rings. The molecule has 1 aromatic rings. The fraction of sp³-hybridized carbons (Fsp3) is 0.308. The van der Waals surface area contributed by atoms with E-state index in [0.717, 1.165) is 12.1 Å². The van der Waals surface area contributed by atoms with E-state index in [1.54, 1.807) is 26.8 Å². The van der Waals surface area contributed by atoms with Crippen LogP contribution in [0.4, 0.5) is 10.5 Å². The molecule has 0 aliphatic heterocycles. The number of aromatic hydroxyl groups is 1. The van der Waals surface area contributed by atoms with Gasteiger partial charge >= 0.3 is 12.1 Å². The van der Waals surface area contributed by atoms with E-state index in [-0.39, 0.29) is 11.3 Å². The minimum absolute atomic E-state index is 0.0238. The summed E-state index contributed by atoms with van der Waals surface area (Å²) in [4.78, 5) is 22.4. The van der Waals surface area contributed by atoms with E-state index in [1.807, 2.05) is 0 Å². The molecule has 1 amide bonds. The topological polar surface area (TPSA) is 120 Å². The first-order valence-electron chi connectivity index (χ1n) is 5.64. The van der Waals surface area contributed by atoms with Crippen LogP contribution in [0.3, 0.4) is 0 Å². The van der Waals surface area contributed by atoms with Crippen LogP contribution in [0.1, 0.15) is 36.7 Å². The smallest absolute Gasteiger partial charge is 0.412 e. The molecule has 0 fully saturated rings. The van der Waals surface area contributed by atoms with E-state index < -0.39 is 29.0 Å². The van der Waals surface area contributed by atoms with Gasteiger partial charge in [-0.3, -0.25) is 5.32 Å². The van der Waals surface area contributed by atoms with Crippen LogP contribution in [-0.4, -0.2) is 27.9 Å². The zero-order chi connectivity index (χ0) is 15.5. The summed E-state index contributed by atoms with van der Waals surface area (Å²) >= 11 is 0. The van der Waals surface area contributed by atoms with Crippen molar-refractivity contribution in [2.75, 3.05) is 5.32 Å². The van der Waals surface area contributed by atoms with E-state index in [9.17, 15) is 14.7 Å². The average molecular weight is 278 g/mol. The normalized spacial score (nSPS) is 10.5. The summed E-state index contributed by atoms with van der Waals surface area (Å²) in [5.74, 6) is -1.93. The molecule has 1 aromatic carbocycles. The molecule has 0 aromatic heterocycles. The minimum atomic E-state index is -1.37. The van der Waals surface area contributed by atoms with Crippen molar-refractivity contribution >= 4 is 17.7 Å². The summed E-state index contributed by atoms with van der Waals surface area (Å²) in [6.45, 7) is 5.01. The second-order valence-corrected chi connectivity index (χ2v) is 4.96. The van der Waals surface area contributed by atoms with Crippen LogP contribution in [0.25, 0.3) is 0 Å². The Morgan fingerprint density at radius 3 is 2.40 bits per heavy atom. The summed E-state index contributed by atoms with van der Waals surface area (Å²) in [6, 6.07) is 3.71. The summed E-state index contributed by atoms with van der Waals surface area (Å²) < 4.78 is 5.00. The number of carbonyl (C=O) groups is 2. The van der Waals surface area contributed by atoms with Gasteiger partial charge in [0.2, 0.25) is 0 Å². The highest BCUT2D eigenvalue weighted by Crippen LogP contribution is 2.26. The van der Waals surface area contributed by atoms with Crippen LogP contribution in [0.15, 0.2) is 12.1 Å². The second-order valence-electron chi connectivity index (χ2n) is 4.96. The third-order valence-electron chi connectivity index (χ3n) is 2.12. The van der Waals surface area contributed by atoms with Crippen molar-refractivity contribution in [3.63, 3.8) is 0 Å². The molecule has 0 saturated carbocycles. The van der Waals surface area contributed by atoms with Crippen LogP contribution in [0, 0.1) is 11.3 Å². The largest absolute Gasteiger partial charge is 0.507 e. The highest BCUT2D eigenvalue weighted by Gasteiger charge is 2.19. The Hall–Kier alpha value is -2.75. The lowest BCUT2D eigenvalue weighted by Gasteiger charge is -2.20. The maximum atomic E-state index is 11.6. The first-order chi connectivity index (χ1) is 9.14. The predicted octanol–water partition coefficient (Wildman–Crippen LogP) is 2.31. The summed E-state index contributed by atoms with van der Waals surface area (Å²) in [5, 5.41) is 29.6. The number of nitrogens with one attached hydrogen (secondary N) is 1. The van der Waals surface area contributed by atoms with Crippen molar-refractivity contribution in [3.8, 4) is 11.8 Å². The molecule has 1 rings (SSSR count). The number of hydrogen-bond donors (Lipinski definition) is 3. The number of carbonyl (C=O) groups excluding carboxylic acids is 1. The number of nitrogens with zero attached hydrogens (tertiary/aromatic N) is 1. The van der Waals surface area contributed by atoms with Gasteiger partial charge in [-0.15, -0.1) is 0 Å². The predicted molar refractivity (Wildman–Crippen MR) is 69.6 cm³/mol. The molecule has 20 heavy (non-hydrogen) atoms. The van der Waals surface area contributed by atoms with Gasteiger partial charge in [-0.2, -0.15) is 5.26 Å². The molecule has 0 aliphatic carbocycles. The third-order valence-corrected chi connectivity index (χ3v) is 2.12. The highest BCUT2D eigenvalue weighted by molar-refractivity contribution is 5.94. The lowest BCUT2D eigenvalue weighted by molar-refractivity contribution is 0.0634. The van der Waals surface area contributed by atoms with Crippen molar-refractivity contribution in [2.24, 2.45) is 0 Å². The standard InChI is InChI=1S/C13H14N2O5/c1-13(2,3)20-12(19)15-9-5-10(16)8(11(17)18)4-7(9)6-14/h4-5,16H,1-3H3,(H,15,19)(H,17,18). The van der Waals surface area contributed by atoms with Gasteiger partial charge in [-0.05, 0) is 26.8 Å². The molecular formula is C13H14N2O5. The van der Waals surface area contributed by atoms with Crippen molar-refractivity contribution in [1.29, 1.82) is 5.26 Å². The summed E-state index contributed by atoms with van der Waals surface area (Å²) in [7, 11) is 0. The Morgan fingerprint density at radius 1 is 1.35 bits per heavy atom. The van der Waals surface area contributed by atoms with E-state index in [0.29, 0.717) is 0 Å². The van der Waals surface area contributed by atoms with Gasteiger partial charge in [-0.25, -0.2) is 9.59 Å². The summed E-state index contributed by atoms with van der Waals surface area (Å²) in [6.07, 6.45) is -0.809. The van der Waals surface area contributed by atoms with E-state index in [4.69, 9.17) is 15.1 Å². The molecule has 0 unspecified atom stereocenters. The van der Waals surface area contributed by atoms with Crippen LogP contribution >= 0.6 is 0 Å². The lowest BCUT2D eigenvalue weighted by atomic mass is 10.1. The Morgan fingerprint density at radius 2 is 1.95 bits per heavy atom. The molecule has 0 atom stereocenters. The number of benzene rings is 1. The van der Waals surface area contributed by atoms with Crippen LogP contribution in [-0.2, 0) is 4.74 Å². The minimum Gasteiger partial charge on any atom is -0.507 e. The Kier molecular flexibility index (Phi) is 4.20. The van der Waals surface area contributed by atoms with Gasteiger partial charge in [0.1, 0.15) is 23.0 Å². The molecule has 7 nitrogen and oxygen atoms in total. The van der Waals surface area contributed by atoms with E-state index in [1.165, 1.54) is 0 Å². The molecular weight excluding hydrogens is 264 g/mol. The Labute approximate surface area is 115 Å². The number of ether oxygens (including phenoxy) is 1. The fourth-order valence-electron chi connectivity index (χ4n) is 1.37. The second kappa shape index (κ2) is 5.48. The summed E-state index contributed by atoms with van der Waals surface area (Å²) in [5.41, 5.74) is -1.26. The van der Waals surface area contributed by atoms with E-state index >= 15 is 0 Å². The molecule has 0 spiro atoms. The molecule has 0 bridgehead atoms. The Bertz CT molecular complexity index is 596. The zero-order valence-electron chi connectivity index (χ0n) is 11.2. The average Bonchev–Trinajstić information content (AvgIpc) is 2.25. The zero-order valence-corrected chi connectivity index (χ0v) is 11.2. The van der Waals surface area contributed by atoms with Gasteiger partial charge < -0.3 is 14.9 Å². The number of anilines is 1. The quantitative estimate of drug-likeness (QED) is 0.763. The molecule has 0 saturated heterocycles. The number of aromatic carboxylic acids is 1. The van der Waals surface area contributed by atoms with Crippen molar-refractivity contribution in [1.82, 2.24) is 0 Å². The Balaban J connectivity index is 3.08. The maximum absolute atomic E-state index is 11.6. The molecule has 0 heterocycles. The van der Waals surface area contributed by atoms with Gasteiger partial charge in [0.25, 0.3) is 0 Å². The molecule has 7 heteroatoms. The number of carboxylic acid groups (broad SMARTS) is 1. The highest BCUT2D eigenvalue weighted by atomic mass is 16.6. The lowest BCUT2D eigenvalue weighted by Crippen LogP contribution is -2.27. The van der Waals surface area contributed by atoms with Crippen LogP contribution in [0.5, 0.6) is 5.75 Å². The van der Waals surface area contributed by atoms with Gasteiger partial charge in [-0.1, -0.05) is 0 Å². The molecule has 0 radical (unpaired) electrons. The third kappa shape index (κ3) is 3.88. The fourth-order valence-corrected chi connectivity index (χ4v) is 1.37. The number of rotatable bonds is 2. The number of phenols is 1. The van der Waals surface area contributed by atoms with Crippen molar-refractivity contribution in [2.45, 2.75) is 26.4 Å².